The van der Waals surface area contributed by atoms with Gasteiger partial charge in [-0.25, -0.2) is 18.7 Å². The minimum Gasteiger partial charge on any atom is -0.494 e. The first-order valence-electron chi connectivity index (χ1n) is 7.58. The van der Waals surface area contributed by atoms with Gasteiger partial charge in [0.25, 0.3) is 0 Å². The van der Waals surface area contributed by atoms with Crippen LogP contribution in [0.5, 0.6) is 5.88 Å². The second-order valence-corrected chi connectivity index (χ2v) is 5.96. The monoisotopic (exact) mass is 372 g/mol. The number of hydrogen-bond acceptors (Lipinski definition) is 4. The Kier molecular flexibility index (Phi) is 3.93. The molecule has 26 heavy (non-hydrogen) atoms. The Balaban J connectivity index is 1.90. The van der Waals surface area contributed by atoms with E-state index in [4.69, 9.17) is 11.6 Å². The molecule has 0 atom stereocenters. The Morgan fingerprint density at radius 2 is 1.69 bits per heavy atom. The zero-order valence-corrected chi connectivity index (χ0v) is 13.9. The number of H-pyrrole nitrogens is 1. The maximum atomic E-state index is 14.1. The third-order valence-corrected chi connectivity index (χ3v) is 4.06. The van der Waals surface area contributed by atoms with E-state index < -0.39 is 11.6 Å². The maximum Gasteiger partial charge on any atom is 0.201 e. The van der Waals surface area contributed by atoms with E-state index >= 15 is 0 Å². The van der Waals surface area contributed by atoms with Crippen LogP contribution >= 0.6 is 11.6 Å². The summed E-state index contributed by atoms with van der Waals surface area (Å²) in [6, 6.07) is 10.3. The lowest BCUT2D eigenvalue weighted by Crippen LogP contribution is -2.01. The molecule has 8 heteroatoms. The van der Waals surface area contributed by atoms with Crippen LogP contribution in [0.2, 0.25) is 5.02 Å². The van der Waals surface area contributed by atoms with Crippen molar-refractivity contribution in [3.63, 3.8) is 0 Å². The molecule has 0 aliphatic rings. The molecule has 0 bridgehead atoms. The highest BCUT2D eigenvalue weighted by molar-refractivity contribution is 6.30. The summed E-state index contributed by atoms with van der Waals surface area (Å²) in [6.45, 7) is 0. The quantitative estimate of drug-likeness (QED) is 0.473. The summed E-state index contributed by atoms with van der Waals surface area (Å²) >= 11 is 5.88. The fourth-order valence-electron chi connectivity index (χ4n) is 2.61. The van der Waals surface area contributed by atoms with Gasteiger partial charge in [0.15, 0.2) is 5.82 Å². The molecule has 5 nitrogen and oxygen atoms in total. The Labute approximate surface area is 151 Å². The number of anilines is 2. The van der Waals surface area contributed by atoms with E-state index in [1.165, 1.54) is 12.3 Å². The Morgan fingerprint density at radius 1 is 1.00 bits per heavy atom. The third-order valence-electron chi connectivity index (χ3n) is 3.81. The van der Waals surface area contributed by atoms with Crippen LogP contribution in [-0.2, 0) is 0 Å². The van der Waals surface area contributed by atoms with E-state index in [-0.39, 0.29) is 23.1 Å². The summed E-state index contributed by atoms with van der Waals surface area (Å²) in [4.78, 5) is 11.0. The van der Waals surface area contributed by atoms with Crippen LogP contribution in [0.1, 0.15) is 0 Å². The predicted octanol–water partition coefficient (Wildman–Crippen LogP) is 5.01. The van der Waals surface area contributed by atoms with Crippen LogP contribution in [0.25, 0.3) is 22.3 Å². The minimum absolute atomic E-state index is 0.136. The number of rotatable bonds is 3. The average molecular weight is 373 g/mol. The molecule has 0 aliphatic heterocycles. The van der Waals surface area contributed by atoms with Gasteiger partial charge in [-0.2, -0.15) is 0 Å². The lowest BCUT2D eigenvalue weighted by atomic mass is 10.1. The predicted molar refractivity (Wildman–Crippen MR) is 95.6 cm³/mol. The summed E-state index contributed by atoms with van der Waals surface area (Å²) < 4.78 is 28.3. The van der Waals surface area contributed by atoms with Crippen molar-refractivity contribution in [1.29, 1.82) is 0 Å². The Morgan fingerprint density at radius 3 is 2.38 bits per heavy atom. The zero-order chi connectivity index (χ0) is 18.3. The molecule has 0 amide bonds. The fourth-order valence-corrected chi connectivity index (χ4v) is 2.73. The van der Waals surface area contributed by atoms with Gasteiger partial charge < -0.3 is 15.4 Å². The van der Waals surface area contributed by atoms with Gasteiger partial charge in [-0.3, -0.25) is 0 Å². The number of aromatic hydroxyl groups is 1. The molecular weight excluding hydrogens is 362 g/mol. The molecule has 2 heterocycles. The molecule has 0 spiro atoms. The first-order chi connectivity index (χ1) is 12.5. The van der Waals surface area contributed by atoms with Crippen LogP contribution in [0, 0.1) is 11.6 Å². The third kappa shape index (κ3) is 2.82. The first-order valence-corrected chi connectivity index (χ1v) is 7.96. The van der Waals surface area contributed by atoms with E-state index in [1.54, 1.807) is 24.3 Å². The summed E-state index contributed by atoms with van der Waals surface area (Å²) in [6.07, 6.45) is 1.43. The SMILES string of the molecule is Oc1[nH]cc2nc(-c3c(F)cccc3F)nc(Nc3ccc(Cl)cc3)c12. The molecule has 0 unspecified atom stereocenters. The number of fused-ring (bicyclic) bond motifs is 1. The van der Waals surface area contributed by atoms with Gasteiger partial charge in [-0.1, -0.05) is 17.7 Å². The second-order valence-electron chi connectivity index (χ2n) is 5.52. The Hall–Kier alpha value is -3.19. The normalized spacial score (nSPS) is 11.0. The van der Waals surface area contributed by atoms with Crippen LogP contribution in [0.4, 0.5) is 20.3 Å². The lowest BCUT2D eigenvalue weighted by Gasteiger charge is -2.10. The summed E-state index contributed by atoms with van der Waals surface area (Å²) in [5.74, 6) is -1.64. The summed E-state index contributed by atoms with van der Waals surface area (Å²) in [7, 11) is 0. The van der Waals surface area contributed by atoms with Gasteiger partial charge in [0.2, 0.25) is 5.88 Å². The number of nitrogens with zero attached hydrogens (tertiary/aromatic N) is 2. The van der Waals surface area contributed by atoms with Gasteiger partial charge in [-0.15, -0.1) is 0 Å². The molecule has 0 saturated heterocycles. The van der Waals surface area contributed by atoms with Gasteiger partial charge in [-0.05, 0) is 36.4 Å². The van der Waals surface area contributed by atoms with Crippen molar-refractivity contribution in [1.82, 2.24) is 15.0 Å². The molecule has 4 rings (SSSR count). The molecule has 0 saturated carbocycles. The number of aromatic amines is 1. The van der Waals surface area contributed by atoms with E-state index in [9.17, 15) is 13.9 Å². The number of benzene rings is 2. The number of halogens is 3. The van der Waals surface area contributed by atoms with Crippen molar-refractivity contribution in [2.75, 3.05) is 5.32 Å². The van der Waals surface area contributed by atoms with Crippen LogP contribution in [0.3, 0.4) is 0 Å². The molecule has 0 aliphatic carbocycles. The topological polar surface area (TPSA) is 73.8 Å². The smallest absolute Gasteiger partial charge is 0.201 e. The first kappa shape index (κ1) is 16.3. The van der Waals surface area contributed by atoms with Gasteiger partial charge >= 0.3 is 0 Å². The molecular formula is C18H11ClF2N4O. The second kappa shape index (κ2) is 6.27. The van der Waals surface area contributed by atoms with Crippen molar-refractivity contribution >= 4 is 34.0 Å². The molecule has 3 N–H and O–H groups in total. The molecule has 4 aromatic rings. The summed E-state index contributed by atoms with van der Waals surface area (Å²) in [5, 5.41) is 13.9. The minimum atomic E-state index is -0.776. The largest absolute Gasteiger partial charge is 0.494 e. The number of hydrogen-bond donors (Lipinski definition) is 3. The number of aromatic nitrogens is 3. The van der Waals surface area contributed by atoms with E-state index in [2.05, 4.69) is 20.3 Å². The van der Waals surface area contributed by atoms with E-state index in [1.807, 2.05) is 0 Å². The van der Waals surface area contributed by atoms with Crippen molar-refractivity contribution < 1.29 is 13.9 Å². The van der Waals surface area contributed by atoms with Crippen molar-refractivity contribution in [2.45, 2.75) is 0 Å². The summed E-state index contributed by atoms with van der Waals surface area (Å²) in [5.41, 5.74) is 0.607. The highest BCUT2D eigenvalue weighted by Crippen LogP contribution is 2.34. The van der Waals surface area contributed by atoms with Crippen LogP contribution < -0.4 is 5.32 Å². The van der Waals surface area contributed by atoms with Crippen LogP contribution in [-0.4, -0.2) is 20.1 Å². The number of nitrogens with one attached hydrogen (secondary N) is 2. The standard InChI is InChI=1S/C18H11ClF2N4O/c19-9-4-6-10(7-5-9)23-17-15-13(8-22-18(15)26)24-16(25-17)14-11(20)2-1-3-12(14)21/h1-8,22,26H,(H,23,24,25). The average Bonchev–Trinajstić information content (AvgIpc) is 2.98. The molecule has 0 fully saturated rings. The zero-order valence-electron chi connectivity index (χ0n) is 13.1. The van der Waals surface area contributed by atoms with Gasteiger partial charge in [0.1, 0.15) is 22.8 Å². The van der Waals surface area contributed by atoms with Crippen molar-refractivity contribution in [3.8, 4) is 17.3 Å². The maximum absolute atomic E-state index is 14.1. The molecule has 130 valence electrons. The Bertz CT molecular complexity index is 1090. The van der Waals surface area contributed by atoms with E-state index in [0.29, 0.717) is 21.6 Å². The lowest BCUT2D eigenvalue weighted by molar-refractivity contribution is 0.463. The van der Waals surface area contributed by atoms with Crippen molar-refractivity contribution in [3.05, 3.63) is 65.3 Å². The van der Waals surface area contributed by atoms with Gasteiger partial charge in [0.05, 0.1) is 11.1 Å². The van der Waals surface area contributed by atoms with E-state index in [0.717, 1.165) is 12.1 Å². The van der Waals surface area contributed by atoms with Gasteiger partial charge in [0, 0.05) is 16.9 Å². The molecule has 2 aromatic heterocycles. The van der Waals surface area contributed by atoms with Crippen molar-refractivity contribution in [2.24, 2.45) is 0 Å². The highest BCUT2D eigenvalue weighted by Gasteiger charge is 2.19. The molecule has 2 aromatic carbocycles. The van der Waals surface area contributed by atoms with Crippen LogP contribution in [0.15, 0.2) is 48.7 Å². The molecule has 0 radical (unpaired) electrons. The highest BCUT2D eigenvalue weighted by atomic mass is 35.5. The fraction of sp³-hybridized carbons (Fsp3) is 0.